The molecule has 1 N–H and O–H groups in total. The highest BCUT2D eigenvalue weighted by Crippen LogP contribution is 2.23. The monoisotopic (exact) mass is 317 g/mol. The molecule has 0 unspecified atom stereocenters. The lowest BCUT2D eigenvalue weighted by molar-refractivity contribution is 0.432. The van der Waals surface area contributed by atoms with Gasteiger partial charge in [-0.3, -0.25) is 4.79 Å². The molecule has 4 aromatic rings. The second-order valence-electron chi connectivity index (χ2n) is 5.90. The van der Waals surface area contributed by atoms with Crippen molar-refractivity contribution in [3.63, 3.8) is 0 Å². The van der Waals surface area contributed by atoms with Gasteiger partial charge in [-0.2, -0.15) is 4.98 Å². The van der Waals surface area contributed by atoms with E-state index in [9.17, 15) is 4.79 Å². The molecule has 0 saturated heterocycles. The lowest BCUT2D eigenvalue weighted by Gasteiger charge is -2.01. The number of hydrogen-bond acceptors (Lipinski definition) is 4. The van der Waals surface area contributed by atoms with E-state index in [4.69, 9.17) is 4.52 Å². The van der Waals surface area contributed by atoms with Gasteiger partial charge < -0.3 is 9.51 Å². The summed E-state index contributed by atoms with van der Waals surface area (Å²) < 4.78 is 5.34. The fraction of sp³-hybridized carbons (Fsp3) is 0.105. The highest BCUT2D eigenvalue weighted by Gasteiger charge is 2.14. The normalized spacial score (nSPS) is 11.1. The number of rotatable bonds is 2. The Hall–Kier alpha value is -3.21. The molecule has 0 bridgehead atoms. The number of nitrogens with one attached hydrogen (secondary N) is 1. The van der Waals surface area contributed by atoms with Crippen LogP contribution in [0.25, 0.3) is 33.7 Å². The van der Waals surface area contributed by atoms with Gasteiger partial charge >= 0.3 is 0 Å². The standard InChI is InChI=1S/C19H15N3O2/c1-11-4-3-5-13(8-11)19-21-17(22-24-19)15-10-14-9-12(2)6-7-16(14)20-18(15)23/h3-10H,1-2H3,(H,20,23). The first-order chi connectivity index (χ1) is 11.6. The number of pyridine rings is 1. The van der Waals surface area contributed by atoms with Crippen LogP contribution in [0.3, 0.4) is 0 Å². The number of aromatic amines is 1. The maximum absolute atomic E-state index is 12.3. The Kier molecular flexibility index (Phi) is 3.27. The Balaban J connectivity index is 1.83. The largest absolute Gasteiger partial charge is 0.334 e. The zero-order valence-electron chi connectivity index (χ0n) is 13.3. The van der Waals surface area contributed by atoms with Crippen molar-refractivity contribution >= 4 is 10.9 Å². The molecule has 0 aliphatic rings. The van der Waals surface area contributed by atoms with Crippen molar-refractivity contribution in [2.75, 3.05) is 0 Å². The smallest absolute Gasteiger partial charge is 0.259 e. The van der Waals surface area contributed by atoms with Gasteiger partial charge in [0.05, 0.1) is 5.56 Å². The summed E-state index contributed by atoms with van der Waals surface area (Å²) in [6.45, 7) is 4.01. The lowest BCUT2D eigenvalue weighted by atomic mass is 10.1. The topological polar surface area (TPSA) is 71.8 Å². The fourth-order valence-corrected chi connectivity index (χ4v) is 2.72. The van der Waals surface area contributed by atoms with Crippen molar-refractivity contribution in [2.24, 2.45) is 0 Å². The molecule has 118 valence electrons. The summed E-state index contributed by atoms with van der Waals surface area (Å²) in [7, 11) is 0. The first-order valence-electron chi connectivity index (χ1n) is 7.65. The summed E-state index contributed by atoms with van der Waals surface area (Å²) in [6, 6.07) is 15.5. The van der Waals surface area contributed by atoms with E-state index < -0.39 is 0 Å². The molecule has 0 fully saturated rings. The number of aryl methyl sites for hydroxylation is 2. The van der Waals surface area contributed by atoms with Gasteiger partial charge in [-0.05, 0) is 49.6 Å². The predicted octanol–water partition coefficient (Wildman–Crippen LogP) is 3.86. The Morgan fingerprint density at radius 1 is 1.00 bits per heavy atom. The van der Waals surface area contributed by atoms with Crippen molar-refractivity contribution in [1.82, 2.24) is 15.1 Å². The van der Waals surface area contributed by atoms with E-state index in [0.717, 1.165) is 27.6 Å². The first-order valence-corrected chi connectivity index (χ1v) is 7.65. The van der Waals surface area contributed by atoms with Gasteiger partial charge in [-0.1, -0.05) is 34.5 Å². The number of hydrogen-bond donors (Lipinski definition) is 1. The number of H-pyrrole nitrogens is 1. The highest BCUT2D eigenvalue weighted by atomic mass is 16.5. The number of aromatic nitrogens is 3. The molecule has 0 atom stereocenters. The minimum absolute atomic E-state index is 0.233. The molecule has 0 spiro atoms. The molecule has 0 radical (unpaired) electrons. The average Bonchev–Trinajstić information content (AvgIpc) is 3.04. The number of benzene rings is 2. The summed E-state index contributed by atoms with van der Waals surface area (Å²) in [5.74, 6) is 0.689. The van der Waals surface area contributed by atoms with Crippen LogP contribution < -0.4 is 5.56 Å². The predicted molar refractivity (Wildman–Crippen MR) is 92.8 cm³/mol. The van der Waals surface area contributed by atoms with E-state index in [1.807, 2.05) is 56.3 Å². The van der Waals surface area contributed by atoms with Crippen molar-refractivity contribution < 1.29 is 4.52 Å². The molecule has 0 aliphatic heterocycles. The molecular weight excluding hydrogens is 302 g/mol. The van der Waals surface area contributed by atoms with Gasteiger partial charge in [-0.25, -0.2) is 0 Å². The maximum atomic E-state index is 12.3. The third-order valence-corrected chi connectivity index (χ3v) is 3.93. The van der Waals surface area contributed by atoms with E-state index in [1.54, 1.807) is 6.07 Å². The molecule has 2 aromatic heterocycles. The quantitative estimate of drug-likeness (QED) is 0.609. The van der Waals surface area contributed by atoms with Gasteiger partial charge in [0.1, 0.15) is 0 Å². The van der Waals surface area contributed by atoms with E-state index in [0.29, 0.717) is 11.5 Å². The minimum Gasteiger partial charge on any atom is -0.334 e. The van der Waals surface area contributed by atoms with Gasteiger partial charge in [0, 0.05) is 11.1 Å². The lowest BCUT2D eigenvalue weighted by Crippen LogP contribution is -2.09. The zero-order chi connectivity index (χ0) is 16.7. The minimum atomic E-state index is -0.233. The van der Waals surface area contributed by atoms with Crippen LogP contribution in [-0.4, -0.2) is 15.1 Å². The zero-order valence-corrected chi connectivity index (χ0v) is 13.3. The van der Waals surface area contributed by atoms with Crippen LogP contribution in [0.1, 0.15) is 11.1 Å². The highest BCUT2D eigenvalue weighted by molar-refractivity contribution is 5.83. The number of nitrogens with zero attached hydrogens (tertiary/aromatic N) is 2. The molecule has 0 amide bonds. The third-order valence-electron chi connectivity index (χ3n) is 3.93. The van der Waals surface area contributed by atoms with Crippen LogP contribution in [0.15, 0.2) is 57.8 Å². The van der Waals surface area contributed by atoms with Gasteiger partial charge in [-0.15, -0.1) is 0 Å². The van der Waals surface area contributed by atoms with Gasteiger partial charge in [0.2, 0.25) is 5.82 Å². The van der Waals surface area contributed by atoms with Crippen molar-refractivity contribution in [3.05, 3.63) is 70.0 Å². The van der Waals surface area contributed by atoms with Crippen LogP contribution in [0.5, 0.6) is 0 Å². The molecule has 5 heteroatoms. The van der Waals surface area contributed by atoms with E-state index in [-0.39, 0.29) is 11.4 Å². The second kappa shape index (κ2) is 5.45. The van der Waals surface area contributed by atoms with Crippen LogP contribution in [-0.2, 0) is 0 Å². The summed E-state index contributed by atoms with van der Waals surface area (Å²) in [5, 5.41) is 4.91. The Bertz CT molecular complexity index is 1110. The molecule has 2 aromatic carbocycles. The van der Waals surface area contributed by atoms with Crippen LogP contribution in [0, 0.1) is 13.8 Å². The molecule has 0 aliphatic carbocycles. The van der Waals surface area contributed by atoms with Crippen LogP contribution >= 0.6 is 0 Å². The summed E-state index contributed by atoms with van der Waals surface area (Å²) in [5.41, 5.74) is 4.01. The van der Waals surface area contributed by atoms with Crippen molar-refractivity contribution in [2.45, 2.75) is 13.8 Å². The van der Waals surface area contributed by atoms with Crippen LogP contribution in [0.4, 0.5) is 0 Å². The third kappa shape index (κ3) is 2.50. The molecule has 4 rings (SSSR count). The second-order valence-corrected chi connectivity index (χ2v) is 5.90. The van der Waals surface area contributed by atoms with Crippen molar-refractivity contribution in [3.8, 4) is 22.8 Å². The average molecular weight is 317 g/mol. The van der Waals surface area contributed by atoms with E-state index in [2.05, 4.69) is 15.1 Å². The van der Waals surface area contributed by atoms with Crippen LogP contribution in [0.2, 0.25) is 0 Å². The Morgan fingerprint density at radius 3 is 2.67 bits per heavy atom. The first kappa shape index (κ1) is 14.4. The van der Waals surface area contributed by atoms with E-state index in [1.165, 1.54) is 0 Å². The summed E-state index contributed by atoms with van der Waals surface area (Å²) >= 11 is 0. The Labute approximate surface area is 138 Å². The summed E-state index contributed by atoms with van der Waals surface area (Å²) in [6.07, 6.45) is 0. The number of fused-ring (bicyclic) bond motifs is 1. The fourth-order valence-electron chi connectivity index (χ4n) is 2.72. The molecule has 0 saturated carbocycles. The summed E-state index contributed by atoms with van der Waals surface area (Å²) in [4.78, 5) is 19.6. The Morgan fingerprint density at radius 2 is 1.83 bits per heavy atom. The van der Waals surface area contributed by atoms with Crippen molar-refractivity contribution in [1.29, 1.82) is 0 Å². The molecule has 24 heavy (non-hydrogen) atoms. The molecule has 2 heterocycles. The van der Waals surface area contributed by atoms with E-state index >= 15 is 0 Å². The van der Waals surface area contributed by atoms with Gasteiger partial charge in [0.25, 0.3) is 11.4 Å². The maximum Gasteiger partial charge on any atom is 0.259 e. The molecular formula is C19H15N3O2. The molecule has 5 nitrogen and oxygen atoms in total. The SMILES string of the molecule is Cc1cccc(-c2nc(-c3cc4cc(C)ccc4[nH]c3=O)no2)c1. The van der Waals surface area contributed by atoms with Gasteiger partial charge in [0.15, 0.2) is 0 Å².